The molecule has 0 saturated carbocycles. The SMILES string of the molecule is COc1ccc([N+](=O)[O-])cc1C1=N/C(=C/c2ccc(OC(C)=O)cc2)C(=O)O1. The molecule has 28 heavy (non-hydrogen) atoms. The summed E-state index contributed by atoms with van der Waals surface area (Å²) in [4.78, 5) is 37.7. The van der Waals surface area contributed by atoms with E-state index in [1.54, 1.807) is 24.3 Å². The van der Waals surface area contributed by atoms with Gasteiger partial charge in [-0.25, -0.2) is 9.79 Å². The van der Waals surface area contributed by atoms with Gasteiger partial charge in [-0.05, 0) is 29.8 Å². The molecule has 2 aromatic rings. The van der Waals surface area contributed by atoms with Gasteiger partial charge in [-0.15, -0.1) is 0 Å². The predicted octanol–water partition coefficient (Wildman–Crippen LogP) is 2.87. The fourth-order valence-corrected chi connectivity index (χ4v) is 2.46. The Hall–Kier alpha value is -4.01. The van der Waals surface area contributed by atoms with Crippen LogP contribution in [0.1, 0.15) is 18.1 Å². The van der Waals surface area contributed by atoms with Crippen LogP contribution in [0.2, 0.25) is 0 Å². The minimum atomic E-state index is -0.701. The Morgan fingerprint density at radius 1 is 1.21 bits per heavy atom. The lowest BCUT2D eigenvalue weighted by molar-refractivity contribution is -0.384. The van der Waals surface area contributed by atoms with Crippen LogP contribution in [0.4, 0.5) is 5.69 Å². The number of non-ortho nitro benzene ring substituents is 1. The van der Waals surface area contributed by atoms with Crippen molar-refractivity contribution in [3.8, 4) is 11.5 Å². The molecule has 0 spiro atoms. The maximum absolute atomic E-state index is 12.1. The highest BCUT2D eigenvalue weighted by molar-refractivity contribution is 6.14. The lowest BCUT2D eigenvalue weighted by atomic mass is 10.1. The van der Waals surface area contributed by atoms with Gasteiger partial charge in [-0.3, -0.25) is 14.9 Å². The smallest absolute Gasteiger partial charge is 0.363 e. The Kier molecular flexibility index (Phi) is 5.16. The van der Waals surface area contributed by atoms with Crippen LogP contribution >= 0.6 is 0 Å². The first-order valence-electron chi connectivity index (χ1n) is 8.01. The fourth-order valence-electron chi connectivity index (χ4n) is 2.46. The molecule has 0 aromatic heterocycles. The highest BCUT2D eigenvalue weighted by Crippen LogP contribution is 2.28. The second kappa shape index (κ2) is 7.70. The average molecular weight is 382 g/mol. The van der Waals surface area contributed by atoms with Gasteiger partial charge in [-0.1, -0.05) is 12.1 Å². The van der Waals surface area contributed by atoms with E-state index in [9.17, 15) is 19.7 Å². The van der Waals surface area contributed by atoms with Crippen molar-refractivity contribution in [2.45, 2.75) is 6.92 Å². The summed E-state index contributed by atoms with van der Waals surface area (Å²) in [5, 5.41) is 11.0. The molecule has 2 aromatic carbocycles. The van der Waals surface area contributed by atoms with E-state index in [2.05, 4.69) is 4.99 Å². The minimum Gasteiger partial charge on any atom is -0.496 e. The predicted molar refractivity (Wildman–Crippen MR) is 98.0 cm³/mol. The van der Waals surface area contributed by atoms with Crippen molar-refractivity contribution in [3.05, 3.63) is 69.4 Å². The molecule has 1 aliphatic heterocycles. The molecular weight excluding hydrogens is 368 g/mol. The number of nitrogens with zero attached hydrogens (tertiary/aromatic N) is 2. The zero-order valence-electron chi connectivity index (χ0n) is 14.9. The standard InChI is InChI=1S/C19H14N2O7/c1-11(22)27-14-6-3-12(4-7-14)9-16-19(23)28-18(20-16)15-10-13(21(24)25)5-8-17(15)26-2/h3-10H,1-2H3/b16-9+. The molecule has 9 heteroatoms. The summed E-state index contributed by atoms with van der Waals surface area (Å²) in [6, 6.07) is 10.3. The van der Waals surface area contributed by atoms with Crippen molar-refractivity contribution in [2.75, 3.05) is 7.11 Å². The lowest BCUT2D eigenvalue weighted by Crippen LogP contribution is -2.07. The highest BCUT2D eigenvalue weighted by atomic mass is 16.6. The molecule has 1 aliphatic rings. The van der Waals surface area contributed by atoms with Gasteiger partial charge in [0.2, 0.25) is 5.90 Å². The van der Waals surface area contributed by atoms with Crippen LogP contribution < -0.4 is 9.47 Å². The number of nitro benzene ring substituents is 1. The van der Waals surface area contributed by atoms with E-state index in [1.165, 1.54) is 38.3 Å². The van der Waals surface area contributed by atoms with E-state index in [4.69, 9.17) is 14.2 Å². The van der Waals surface area contributed by atoms with Crippen LogP contribution in [0.25, 0.3) is 6.08 Å². The van der Waals surface area contributed by atoms with Crippen molar-refractivity contribution >= 4 is 29.6 Å². The van der Waals surface area contributed by atoms with Crippen LogP contribution in [0.3, 0.4) is 0 Å². The molecule has 9 nitrogen and oxygen atoms in total. The first kappa shape index (κ1) is 18.8. The van der Waals surface area contributed by atoms with Gasteiger partial charge < -0.3 is 14.2 Å². The van der Waals surface area contributed by atoms with Gasteiger partial charge in [0.05, 0.1) is 17.6 Å². The molecule has 0 radical (unpaired) electrons. The number of nitro groups is 1. The van der Waals surface area contributed by atoms with Crippen LogP contribution in [0, 0.1) is 10.1 Å². The molecular formula is C19H14N2O7. The molecule has 0 N–H and O–H groups in total. The summed E-state index contributed by atoms with van der Waals surface area (Å²) in [5.41, 5.74) is 0.648. The second-order valence-electron chi connectivity index (χ2n) is 5.64. The number of benzene rings is 2. The Bertz CT molecular complexity index is 1020. The van der Waals surface area contributed by atoms with E-state index in [-0.39, 0.29) is 28.6 Å². The zero-order valence-corrected chi connectivity index (χ0v) is 14.9. The zero-order chi connectivity index (χ0) is 20.3. The number of ether oxygens (including phenoxy) is 3. The third kappa shape index (κ3) is 4.04. The summed E-state index contributed by atoms with van der Waals surface area (Å²) in [6.45, 7) is 1.29. The molecule has 0 bridgehead atoms. The first-order valence-corrected chi connectivity index (χ1v) is 8.01. The van der Waals surface area contributed by atoms with Crippen molar-refractivity contribution in [2.24, 2.45) is 4.99 Å². The molecule has 0 fully saturated rings. The Balaban J connectivity index is 1.92. The normalized spacial score (nSPS) is 14.4. The number of hydrogen-bond donors (Lipinski definition) is 0. The maximum Gasteiger partial charge on any atom is 0.363 e. The monoisotopic (exact) mass is 382 g/mol. The molecule has 0 amide bonds. The van der Waals surface area contributed by atoms with Gasteiger partial charge in [-0.2, -0.15) is 0 Å². The average Bonchev–Trinajstić information content (AvgIpc) is 3.02. The van der Waals surface area contributed by atoms with Crippen molar-refractivity contribution in [1.29, 1.82) is 0 Å². The van der Waals surface area contributed by atoms with E-state index < -0.39 is 16.9 Å². The van der Waals surface area contributed by atoms with E-state index in [0.717, 1.165) is 0 Å². The summed E-state index contributed by atoms with van der Waals surface area (Å²) >= 11 is 0. The van der Waals surface area contributed by atoms with Gasteiger partial charge in [0.25, 0.3) is 5.69 Å². The molecule has 0 atom stereocenters. The van der Waals surface area contributed by atoms with Crippen molar-refractivity contribution in [3.63, 3.8) is 0 Å². The van der Waals surface area contributed by atoms with Gasteiger partial charge in [0, 0.05) is 19.1 Å². The molecule has 0 unspecified atom stereocenters. The van der Waals surface area contributed by atoms with Crippen LogP contribution in [0.15, 0.2) is 53.2 Å². The lowest BCUT2D eigenvalue weighted by Gasteiger charge is -2.06. The first-order chi connectivity index (χ1) is 13.4. The number of carbonyl (C=O) groups excluding carboxylic acids is 2. The van der Waals surface area contributed by atoms with Gasteiger partial charge >= 0.3 is 11.9 Å². The van der Waals surface area contributed by atoms with Crippen molar-refractivity contribution in [1.82, 2.24) is 0 Å². The maximum atomic E-state index is 12.1. The Labute approximate surface area is 159 Å². The Morgan fingerprint density at radius 3 is 2.54 bits per heavy atom. The number of rotatable bonds is 5. The van der Waals surface area contributed by atoms with Crippen LogP contribution in [-0.2, 0) is 14.3 Å². The molecule has 142 valence electrons. The number of hydrogen-bond acceptors (Lipinski definition) is 8. The van der Waals surface area contributed by atoms with E-state index >= 15 is 0 Å². The topological polar surface area (TPSA) is 117 Å². The van der Waals surface area contributed by atoms with Gasteiger partial charge in [0.1, 0.15) is 11.5 Å². The molecule has 0 saturated heterocycles. The highest BCUT2D eigenvalue weighted by Gasteiger charge is 2.27. The number of cyclic esters (lactones) is 1. The Morgan fingerprint density at radius 2 is 1.93 bits per heavy atom. The summed E-state index contributed by atoms with van der Waals surface area (Å²) in [5.74, 6) is -0.579. The minimum absolute atomic E-state index is 0.0174. The van der Waals surface area contributed by atoms with Gasteiger partial charge in [0.15, 0.2) is 5.70 Å². The van der Waals surface area contributed by atoms with E-state index in [0.29, 0.717) is 11.3 Å². The number of carbonyl (C=O) groups is 2. The second-order valence-corrected chi connectivity index (χ2v) is 5.64. The van der Waals surface area contributed by atoms with Crippen molar-refractivity contribution < 1.29 is 28.7 Å². The van der Waals surface area contributed by atoms with E-state index in [1.807, 2.05) is 0 Å². The quantitative estimate of drug-likeness (QED) is 0.256. The molecule has 0 aliphatic carbocycles. The summed E-state index contributed by atoms with van der Waals surface area (Å²) in [6.07, 6.45) is 1.48. The summed E-state index contributed by atoms with van der Waals surface area (Å²) < 4.78 is 15.3. The number of aliphatic imine (C=N–C) groups is 1. The third-order valence-electron chi connectivity index (χ3n) is 3.69. The largest absolute Gasteiger partial charge is 0.496 e. The van der Waals surface area contributed by atoms with Crippen LogP contribution in [0.5, 0.6) is 11.5 Å². The summed E-state index contributed by atoms with van der Waals surface area (Å²) in [7, 11) is 1.39. The molecule has 1 heterocycles. The fraction of sp³-hybridized carbons (Fsp3) is 0.105. The molecule has 3 rings (SSSR count). The van der Waals surface area contributed by atoms with Crippen LogP contribution in [-0.4, -0.2) is 29.9 Å². The number of methoxy groups -OCH3 is 1. The number of esters is 2. The third-order valence-corrected chi connectivity index (χ3v) is 3.69.